The van der Waals surface area contributed by atoms with Crippen LogP contribution in [-0.2, 0) is 11.3 Å². The van der Waals surface area contributed by atoms with Gasteiger partial charge in [-0.05, 0) is 24.0 Å². The third-order valence-electron chi connectivity index (χ3n) is 3.31. The van der Waals surface area contributed by atoms with Gasteiger partial charge in [-0.15, -0.1) is 0 Å². The summed E-state index contributed by atoms with van der Waals surface area (Å²) in [5.41, 5.74) is 0.738. The molecule has 1 fully saturated rings. The van der Waals surface area contributed by atoms with Crippen molar-refractivity contribution in [2.45, 2.75) is 17.1 Å². The first-order chi connectivity index (χ1) is 10.0. The van der Waals surface area contributed by atoms with Crippen molar-refractivity contribution in [3.05, 3.63) is 39.9 Å². The number of likely N-dealkylation sites (tertiary alicyclic amines) is 1. The Morgan fingerprint density at radius 1 is 1.48 bits per heavy atom. The molecule has 1 aliphatic heterocycles. The van der Waals surface area contributed by atoms with E-state index in [1.165, 1.54) is 12.1 Å². The summed E-state index contributed by atoms with van der Waals surface area (Å²) >= 11 is 6.15. The normalized spacial score (nSPS) is 21.3. The van der Waals surface area contributed by atoms with E-state index in [1.807, 2.05) is 6.26 Å². The second-order valence-electron chi connectivity index (χ2n) is 4.72. The van der Waals surface area contributed by atoms with Crippen molar-refractivity contribution >= 4 is 36.2 Å². The van der Waals surface area contributed by atoms with Crippen LogP contribution in [-0.4, -0.2) is 45.8 Å². The second kappa shape index (κ2) is 7.04. The van der Waals surface area contributed by atoms with Gasteiger partial charge in [-0.1, -0.05) is 0 Å². The van der Waals surface area contributed by atoms with Gasteiger partial charge in [0.05, 0.1) is 4.92 Å². The zero-order valence-electron chi connectivity index (χ0n) is 11.5. The predicted molar refractivity (Wildman–Crippen MR) is 84.9 cm³/mol. The summed E-state index contributed by atoms with van der Waals surface area (Å²) in [6, 6.07) is 5.96. The number of carbonyl (C=O) groups is 1. The van der Waals surface area contributed by atoms with Crippen molar-refractivity contribution in [1.82, 2.24) is 4.90 Å². The highest BCUT2D eigenvalue weighted by Gasteiger charge is 2.33. The summed E-state index contributed by atoms with van der Waals surface area (Å²) in [6.45, 7) is 1.32. The van der Waals surface area contributed by atoms with Gasteiger partial charge < -0.3 is 9.64 Å². The van der Waals surface area contributed by atoms with Crippen LogP contribution in [0.4, 0.5) is 10.5 Å². The number of non-ortho nitro benzene ring substituents is 1. The standard InChI is InChI=1S/C13H16N2O4S2/c1-21-12-7-14(6-11(12)20)13(16)19-8-9-2-4-10(5-3-9)15(17)18/h2-5,11-12,20H,6-8H2,1H3. The number of rotatable bonds is 4. The average Bonchev–Trinajstić information content (AvgIpc) is 2.86. The highest BCUT2D eigenvalue weighted by Crippen LogP contribution is 2.25. The Balaban J connectivity index is 1.85. The van der Waals surface area contributed by atoms with E-state index in [-0.39, 0.29) is 23.6 Å². The lowest BCUT2D eigenvalue weighted by molar-refractivity contribution is -0.384. The molecular formula is C13H16N2O4S2. The Morgan fingerprint density at radius 3 is 2.67 bits per heavy atom. The van der Waals surface area contributed by atoms with Gasteiger partial charge in [0.2, 0.25) is 0 Å². The largest absolute Gasteiger partial charge is 0.445 e. The topological polar surface area (TPSA) is 72.7 Å². The van der Waals surface area contributed by atoms with Gasteiger partial charge in [-0.3, -0.25) is 10.1 Å². The third-order valence-corrected chi connectivity index (χ3v) is 5.12. The van der Waals surface area contributed by atoms with Gasteiger partial charge in [0.1, 0.15) is 6.61 Å². The first kappa shape index (κ1) is 16.0. The van der Waals surface area contributed by atoms with Crippen molar-refractivity contribution in [1.29, 1.82) is 0 Å². The number of thioether (sulfide) groups is 1. The number of hydrogen-bond acceptors (Lipinski definition) is 6. The lowest BCUT2D eigenvalue weighted by Gasteiger charge is -2.15. The van der Waals surface area contributed by atoms with Crippen molar-refractivity contribution in [2.24, 2.45) is 0 Å². The first-order valence-corrected chi connectivity index (χ1v) is 8.17. The highest BCUT2D eigenvalue weighted by atomic mass is 32.2. The number of amides is 1. The van der Waals surface area contributed by atoms with Crippen LogP contribution in [0.25, 0.3) is 0 Å². The molecule has 1 amide bonds. The van der Waals surface area contributed by atoms with Crippen molar-refractivity contribution in [2.75, 3.05) is 19.3 Å². The van der Waals surface area contributed by atoms with Crippen LogP contribution < -0.4 is 0 Å². The van der Waals surface area contributed by atoms with Crippen LogP contribution in [0.2, 0.25) is 0 Å². The molecule has 1 aromatic rings. The first-order valence-electron chi connectivity index (χ1n) is 6.37. The summed E-state index contributed by atoms with van der Waals surface area (Å²) in [5.74, 6) is 0. The maximum Gasteiger partial charge on any atom is 0.410 e. The fraction of sp³-hybridized carbons (Fsp3) is 0.462. The molecule has 21 heavy (non-hydrogen) atoms. The molecule has 2 rings (SSSR count). The van der Waals surface area contributed by atoms with Gasteiger partial charge in [-0.25, -0.2) is 4.79 Å². The molecule has 1 aliphatic rings. The van der Waals surface area contributed by atoms with Crippen LogP contribution in [0, 0.1) is 10.1 Å². The maximum absolute atomic E-state index is 12.0. The molecule has 6 nitrogen and oxygen atoms in total. The highest BCUT2D eigenvalue weighted by molar-refractivity contribution is 8.00. The summed E-state index contributed by atoms with van der Waals surface area (Å²) < 4.78 is 5.23. The molecule has 0 aromatic heterocycles. The Labute approximate surface area is 132 Å². The van der Waals surface area contributed by atoms with E-state index < -0.39 is 4.92 Å². The monoisotopic (exact) mass is 328 g/mol. The maximum atomic E-state index is 12.0. The fourth-order valence-corrected chi connectivity index (χ4v) is 3.47. The molecule has 0 bridgehead atoms. The molecule has 8 heteroatoms. The van der Waals surface area contributed by atoms with E-state index in [0.717, 1.165) is 5.56 Å². The van der Waals surface area contributed by atoms with E-state index in [4.69, 9.17) is 4.74 Å². The van der Waals surface area contributed by atoms with E-state index >= 15 is 0 Å². The van der Waals surface area contributed by atoms with E-state index in [9.17, 15) is 14.9 Å². The average molecular weight is 328 g/mol. The quantitative estimate of drug-likeness (QED) is 0.522. The number of nitrogens with zero attached hydrogens (tertiary/aromatic N) is 2. The number of carbonyl (C=O) groups excluding carboxylic acids is 1. The Morgan fingerprint density at radius 2 is 2.14 bits per heavy atom. The molecule has 1 aromatic carbocycles. The summed E-state index contributed by atoms with van der Waals surface area (Å²) in [4.78, 5) is 23.7. The molecule has 2 unspecified atom stereocenters. The van der Waals surface area contributed by atoms with Gasteiger partial charge in [0.25, 0.3) is 5.69 Å². The minimum atomic E-state index is -0.463. The van der Waals surface area contributed by atoms with Crippen molar-refractivity contribution in [3.63, 3.8) is 0 Å². The molecule has 0 N–H and O–H groups in total. The molecule has 1 saturated heterocycles. The molecule has 1 heterocycles. The fourth-order valence-electron chi connectivity index (χ4n) is 2.09. The number of nitro groups is 1. The molecule has 0 radical (unpaired) electrons. The van der Waals surface area contributed by atoms with Crippen LogP contribution in [0.5, 0.6) is 0 Å². The third kappa shape index (κ3) is 4.04. The lowest BCUT2D eigenvalue weighted by atomic mass is 10.2. The Bertz CT molecular complexity index is 523. The van der Waals surface area contributed by atoms with Crippen molar-refractivity contribution in [3.8, 4) is 0 Å². The molecule has 0 spiro atoms. The Hall–Kier alpha value is -1.41. The SMILES string of the molecule is CSC1CN(C(=O)OCc2ccc([N+](=O)[O-])cc2)CC1S. The van der Waals surface area contributed by atoms with Gasteiger partial charge in [-0.2, -0.15) is 24.4 Å². The minimum Gasteiger partial charge on any atom is -0.445 e. The zero-order chi connectivity index (χ0) is 15.4. The minimum absolute atomic E-state index is 0.0188. The van der Waals surface area contributed by atoms with E-state index in [0.29, 0.717) is 18.3 Å². The van der Waals surface area contributed by atoms with Crippen LogP contribution in [0.1, 0.15) is 5.56 Å². The molecule has 0 saturated carbocycles. The van der Waals surface area contributed by atoms with E-state index in [1.54, 1.807) is 28.8 Å². The number of benzene rings is 1. The van der Waals surface area contributed by atoms with Gasteiger partial charge in [0, 0.05) is 35.7 Å². The lowest BCUT2D eigenvalue weighted by Crippen LogP contribution is -2.29. The van der Waals surface area contributed by atoms with Crippen LogP contribution in [0.15, 0.2) is 24.3 Å². The smallest absolute Gasteiger partial charge is 0.410 e. The molecule has 114 valence electrons. The Kier molecular flexibility index (Phi) is 5.35. The number of ether oxygens (including phenoxy) is 1. The molecule has 0 aliphatic carbocycles. The van der Waals surface area contributed by atoms with E-state index in [2.05, 4.69) is 12.6 Å². The van der Waals surface area contributed by atoms with Crippen molar-refractivity contribution < 1.29 is 14.5 Å². The second-order valence-corrected chi connectivity index (χ2v) is 6.46. The number of hydrogen-bond donors (Lipinski definition) is 1. The molecular weight excluding hydrogens is 312 g/mol. The van der Waals surface area contributed by atoms with Crippen LogP contribution >= 0.6 is 24.4 Å². The summed E-state index contributed by atoms with van der Waals surface area (Å²) in [6.07, 6.45) is 1.63. The number of thiol groups is 1. The number of nitro benzene ring substituents is 1. The summed E-state index contributed by atoms with van der Waals surface area (Å²) in [7, 11) is 0. The van der Waals surface area contributed by atoms with Gasteiger partial charge >= 0.3 is 6.09 Å². The summed E-state index contributed by atoms with van der Waals surface area (Å²) in [5, 5.41) is 11.0. The van der Waals surface area contributed by atoms with Gasteiger partial charge in [0.15, 0.2) is 0 Å². The predicted octanol–water partition coefficient (Wildman–Crippen LogP) is 2.58. The molecule has 2 atom stereocenters. The van der Waals surface area contributed by atoms with Crippen LogP contribution in [0.3, 0.4) is 0 Å². The zero-order valence-corrected chi connectivity index (χ0v) is 13.2.